The van der Waals surface area contributed by atoms with Gasteiger partial charge in [-0.3, -0.25) is 0 Å². The first-order valence-electron chi connectivity index (χ1n) is 11.4. The highest BCUT2D eigenvalue weighted by molar-refractivity contribution is 5.87. The molecule has 0 saturated carbocycles. The molecule has 4 aliphatic rings. The minimum Gasteiger partial charge on any atom is -0.0663 e. The van der Waals surface area contributed by atoms with Crippen molar-refractivity contribution < 1.29 is 0 Å². The highest BCUT2D eigenvalue weighted by Crippen LogP contribution is 2.27. The predicted octanol–water partition coefficient (Wildman–Crippen LogP) is -1.89. The third-order valence-electron chi connectivity index (χ3n) is 7.31. The molecule has 0 amide bonds. The largest absolute Gasteiger partial charge is 0.590 e. The average molecular weight is 423 g/mol. The Morgan fingerprint density at radius 3 is 1.45 bits per heavy atom. The van der Waals surface area contributed by atoms with E-state index in [-0.39, 0.29) is 0 Å². The number of rotatable bonds is 0. The van der Waals surface area contributed by atoms with Crippen LogP contribution < -0.4 is 55.9 Å². The molecule has 4 aromatic rings. The summed E-state index contributed by atoms with van der Waals surface area (Å²) in [5.41, 5.74) is 1.29. The first kappa shape index (κ1) is 17.2. The molecule has 0 aromatic heterocycles. The Kier molecular flexibility index (Phi) is 3.08. The molecule has 0 aliphatic carbocycles. The van der Waals surface area contributed by atoms with Crippen LogP contribution in [0.2, 0.25) is 0 Å². The number of fused-ring (bicyclic) bond motifs is 4. The summed E-state index contributed by atoms with van der Waals surface area (Å²) in [6, 6.07) is 34.9. The summed E-state index contributed by atoms with van der Waals surface area (Å²) in [5, 5.41) is 9.83. The van der Waals surface area contributed by atoms with Crippen molar-refractivity contribution in [3.63, 3.8) is 0 Å². The van der Waals surface area contributed by atoms with E-state index < -0.39 is 5.79 Å². The van der Waals surface area contributed by atoms with Gasteiger partial charge in [0.2, 0.25) is 16.1 Å². The summed E-state index contributed by atoms with van der Waals surface area (Å²) in [4.78, 5) is 0. The maximum absolute atomic E-state index is 2.47. The molecular formula is C30H20N3+3. The maximum atomic E-state index is 2.47. The summed E-state index contributed by atoms with van der Waals surface area (Å²) in [6.45, 7) is 0. The van der Waals surface area contributed by atoms with Crippen LogP contribution in [-0.4, -0.2) is 5.79 Å². The SMILES string of the molecule is C1=c2ccccc2=C2C=c3ccccc3=[N+]3C=c4ccccc4=[N+]4C=c5ccccc5=[N+]1C234. The Hall–Kier alpha value is -4.37. The van der Waals surface area contributed by atoms with Gasteiger partial charge in [-0.25, -0.2) is 0 Å². The summed E-state index contributed by atoms with van der Waals surface area (Å²) >= 11 is 0. The molecule has 3 heteroatoms. The van der Waals surface area contributed by atoms with Crippen LogP contribution in [0.3, 0.4) is 0 Å². The van der Waals surface area contributed by atoms with E-state index in [0.717, 1.165) is 0 Å². The molecule has 0 N–H and O–H groups in total. The van der Waals surface area contributed by atoms with Gasteiger partial charge in [0.25, 0.3) is 0 Å². The van der Waals surface area contributed by atoms with Gasteiger partial charge in [0.05, 0.1) is 0 Å². The van der Waals surface area contributed by atoms with Crippen LogP contribution in [0.25, 0.3) is 30.2 Å². The summed E-state index contributed by atoms with van der Waals surface area (Å²) < 4.78 is 7.41. The van der Waals surface area contributed by atoms with Crippen molar-refractivity contribution in [2.24, 2.45) is 0 Å². The second kappa shape index (κ2) is 5.90. The summed E-state index contributed by atoms with van der Waals surface area (Å²) in [7, 11) is 0. The number of benzene rings is 4. The van der Waals surface area contributed by atoms with E-state index >= 15 is 0 Å². The van der Waals surface area contributed by atoms with Gasteiger partial charge in [-0.1, -0.05) is 68.3 Å². The van der Waals surface area contributed by atoms with E-state index in [4.69, 9.17) is 0 Å². The molecule has 0 saturated heterocycles. The highest BCUT2D eigenvalue weighted by Gasteiger charge is 2.70. The second-order valence-electron chi connectivity index (χ2n) is 8.95. The lowest BCUT2D eigenvalue weighted by Crippen LogP contribution is -2.79. The summed E-state index contributed by atoms with van der Waals surface area (Å²) in [5.74, 6) is -0.550. The predicted molar refractivity (Wildman–Crippen MR) is 130 cm³/mol. The Balaban J connectivity index is 1.82. The number of hydrogen-bond acceptors (Lipinski definition) is 0. The first-order chi connectivity index (χ1) is 16.4. The third-order valence-corrected chi connectivity index (χ3v) is 7.31. The topological polar surface area (TPSA) is 9.03 Å². The van der Waals surface area contributed by atoms with Crippen molar-refractivity contribution in [3.05, 3.63) is 139 Å². The molecule has 1 unspecified atom stereocenters. The first-order valence-corrected chi connectivity index (χ1v) is 11.4. The number of para-hydroxylation sites is 3. The highest BCUT2D eigenvalue weighted by atomic mass is 15.5. The molecule has 0 fully saturated rings. The van der Waals surface area contributed by atoms with Gasteiger partial charge in [-0.15, -0.1) is 0 Å². The van der Waals surface area contributed by atoms with Crippen LogP contribution in [-0.2, 0) is 0 Å². The fourth-order valence-electron chi connectivity index (χ4n) is 5.96. The van der Waals surface area contributed by atoms with Crippen LogP contribution in [0.15, 0.2) is 97.1 Å². The lowest BCUT2D eigenvalue weighted by molar-refractivity contribution is 0.263. The Morgan fingerprint density at radius 2 is 0.848 bits per heavy atom. The van der Waals surface area contributed by atoms with Crippen LogP contribution in [0, 0.1) is 0 Å². The molecule has 4 heterocycles. The molecule has 1 spiro atoms. The van der Waals surface area contributed by atoms with E-state index in [2.05, 4.69) is 135 Å². The zero-order valence-corrected chi connectivity index (χ0v) is 17.9. The van der Waals surface area contributed by atoms with Gasteiger partial charge in [-0.05, 0) is 30.3 Å². The van der Waals surface area contributed by atoms with Gasteiger partial charge in [-0.2, -0.15) is 0 Å². The van der Waals surface area contributed by atoms with Crippen LogP contribution in [0.1, 0.15) is 0 Å². The normalized spacial score (nSPS) is 20.4. The van der Waals surface area contributed by atoms with Crippen LogP contribution >= 0.6 is 0 Å². The van der Waals surface area contributed by atoms with Crippen molar-refractivity contribution >= 4 is 30.2 Å². The molecule has 4 aliphatic heterocycles. The van der Waals surface area contributed by atoms with Gasteiger partial charge in [0.1, 0.15) is 10.4 Å². The fraction of sp³-hybridized carbons (Fsp3) is 0.0333. The van der Waals surface area contributed by atoms with Crippen molar-refractivity contribution in [1.82, 2.24) is 13.7 Å². The zero-order chi connectivity index (χ0) is 21.6. The maximum Gasteiger partial charge on any atom is 0.590 e. The van der Waals surface area contributed by atoms with Crippen LogP contribution in [0.5, 0.6) is 0 Å². The molecule has 3 nitrogen and oxygen atoms in total. The molecule has 33 heavy (non-hydrogen) atoms. The van der Waals surface area contributed by atoms with Crippen molar-refractivity contribution in [2.75, 3.05) is 0 Å². The molecule has 4 aromatic carbocycles. The van der Waals surface area contributed by atoms with E-state index in [0.29, 0.717) is 0 Å². The van der Waals surface area contributed by atoms with Crippen molar-refractivity contribution in [1.29, 1.82) is 0 Å². The van der Waals surface area contributed by atoms with E-state index in [1.807, 2.05) is 0 Å². The van der Waals surface area contributed by atoms with Crippen molar-refractivity contribution in [3.8, 4) is 0 Å². The third kappa shape index (κ3) is 1.98. The second-order valence-corrected chi connectivity index (χ2v) is 8.95. The Morgan fingerprint density at radius 1 is 0.424 bits per heavy atom. The molecule has 152 valence electrons. The van der Waals surface area contributed by atoms with Gasteiger partial charge in [0, 0.05) is 33.9 Å². The molecule has 1 atom stereocenters. The lowest BCUT2D eigenvalue weighted by atomic mass is 9.92. The summed E-state index contributed by atoms with van der Waals surface area (Å²) in [6.07, 6.45) is 9.37. The zero-order valence-electron chi connectivity index (χ0n) is 17.9. The molecular weight excluding hydrogens is 402 g/mol. The minimum absolute atomic E-state index is 0.550. The van der Waals surface area contributed by atoms with E-state index in [9.17, 15) is 0 Å². The number of nitrogens with zero attached hydrogens (tertiary/aromatic N) is 3. The average Bonchev–Trinajstić information content (AvgIpc) is 2.88. The molecule has 0 radical (unpaired) electrons. The van der Waals surface area contributed by atoms with Gasteiger partial charge < -0.3 is 0 Å². The monoisotopic (exact) mass is 422 g/mol. The fourth-order valence-corrected chi connectivity index (χ4v) is 5.96. The molecule has 8 rings (SSSR count). The van der Waals surface area contributed by atoms with Gasteiger partial charge in [0.15, 0.2) is 24.2 Å². The number of hydrogen-bond donors (Lipinski definition) is 0. The minimum atomic E-state index is -0.550. The quantitative estimate of drug-likeness (QED) is 0.293. The Bertz CT molecular complexity index is 1780. The van der Waals surface area contributed by atoms with E-state index in [1.54, 1.807) is 0 Å². The van der Waals surface area contributed by atoms with E-state index in [1.165, 1.54) is 47.7 Å². The van der Waals surface area contributed by atoms with Crippen molar-refractivity contribution in [2.45, 2.75) is 5.79 Å². The standard InChI is InChI=1S/C30H20N3/c1-5-13-25-22(10-1)18-31-28-15-7-3-12-24(28)20-33-29-16-8-4-11-23(29)19-32-27-14-6-2-9-21(27)17-26(25)30(31,32)33/h1-20H/q+3. The smallest absolute Gasteiger partial charge is 0.0663 e. The van der Waals surface area contributed by atoms with Gasteiger partial charge >= 0.3 is 5.79 Å². The molecule has 0 bridgehead atoms. The Labute approximate surface area is 189 Å². The lowest BCUT2D eigenvalue weighted by Gasteiger charge is -2.28. The van der Waals surface area contributed by atoms with Crippen LogP contribution in [0.4, 0.5) is 0 Å².